The number of furan rings is 1. The Hall–Kier alpha value is -1.28. The van der Waals surface area contributed by atoms with Crippen LogP contribution in [0.2, 0.25) is 0 Å². The molecule has 5 nitrogen and oxygen atoms in total. The molecule has 0 saturated carbocycles. The summed E-state index contributed by atoms with van der Waals surface area (Å²) in [6.07, 6.45) is 2.56. The van der Waals surface area contributed by atoms with E-state index in [0.29, 0.717) is 12.6 Å². The van der Waals surface area contributed by atoms with Gasteiger partial charge in [-0.3, -0.25) is 9.89 Å². The summed E-state index contributed by atoms with van der Waals surface area (Å²) < 4.78 is 5.95. The summed E-state index contributed by atoms with van der Waals surface area (Å²) in [5.41, 5.74) is 2.14. The Balaban J connectivity index is 0.00000225. The molecule has 1 aromatic heterocycles. The van der Waals surface area contributed by atoms with Crippen LogP contribution < -0.4 is 10.6 Å². The molecule has 1 fully saturated rings. The van der Waals surface area contributed by atoms with E-state index in [9.17, 15) is 0 Å². The van der Waals surface area contributed by atoms with Gasteiger partial charge in [0.2, 0.25) is 0 Å². The number of nitrogens with one attached hydrogen (secondary N) is 2. The number of aliphatic imine (C=N–C) groups is 1. The minimum absolute atomic E-state index is 0. The number of likely N-dealkylation sites (tertiary alicyclic amines) is 1. The molecule has 2 heterocycles. The van der Waals surface area contributed by atoms with Crippen LogP contribution in [0.1, 0.15) is 31.1 Å². The Kier molecular flexibility index (Phi) is 7.56. The van der Waals surface area contributed by atoms with Crippen molar-refractivity contribution in [1.82, 2.24) is 15.5 Å². The van der Waals surface area contributed by atoms with Crippen LogP contribution in [0.15, 0.2) is 33.7 Å². The average molecular weight is 456 g/mol. The Labute approximate surface area is 167 Å². The van der Waals surface area contributed by atoms with Crippen molar-refractivity contribution in [1.29, 1.82) is 0 Å². The predicted molar refractivity (Wildman–Crippen MR) is 115 cm³/mol. The number of hydrogen-bond acceptors (Lipinski definition) is 3. The van der Waals surface area contributed by atoms with Gasteiger partial charge in [-0.1, -0.05) is 25.1 Å². The van der Waals surface area contributed by atoms with Crippen molar-refractivity contribution >= 4 is 40.9 Å². The van der Waals surface area contributed by atoms with Gasteiger partial charge in [-0.15, -0.1) is 24.0 Å². The largest absolute Gasteiger partial charge is 0.459 e. The van der Waals surface area contributed by atoms with Crippen molar-refractivity contribution in [2.45, 2.75) is 39.3 Å². The molecule has 2 N–H and O–H groups in total. The van der Waals surface area contributed by atoms with Gasteiger partial charge in [-0.05, 0) is 38.9 Å². The predicted octanol–water partition coefficient (Wildman–Crippen LogP) is 3.51. The Bertz CT molecular complexity index is 713. The van der Waals surface area contributed by atoms with E-state index in [1.165, 1.54) is 30.3 Å². The van der Waals surface area contributed by atoms with Crippen molar-refractivity contribution < 1.29 is 4.42 Å². The molecule has 6 heteroatoms. The van der Waals surface area contributed by atoms with E-state index >= 15 is 0 Å². The summed E-state index contributed by atoms with van der Waals surface area (Å²) in [5.74, 6) is 1.80. The van der Waals surface area contributed by atoms with Gasteiger partial charge in [-0.25, -0.2) is 0 Å². The van der Waals surface area contributed by atoms with Crippen molar-refractivity contribution in [3.63, 3.8) is 0 Å². The third kappa shape index (κ3) is 4.67. The maximum Gasteiger partial charge on any atom is 0.191 e. The van der Waals surface area contributed by atoms with Gasteiger partial charge in [0.25, 0.3) is 0 Å². The first-order chi connectivity index (χ1) is 11.7. The lowest BCUT2D eigenvalue weighted by Crippen LogP contribution is -2.44. The molecule has 1 aliphatic rings. The summed E-state index contributed by atoms with van der Waals surface area (Å²) in [6.45, 7) is 8.25. The fourth-order valence-corrected chi connectivity index (χ4v) is 3.54. The fraction of sp³-hybridized carbons (Fsp3) is 0.526. The number of nitrogens with zero attached hydrogens (tertiary/aromatic N) is 2. The van der Waals surface area contributed by atoms with Gasteiger partial charge >= 0.3 is 0 Å². The highest BCUT2D eigenvalue weighted by Crippen LogP contribution is 2.24. The first-order valence-corrected chi connectivity index (χ1v) is 8.88. The molecular formula is C19H29IN4O. The number of halogens is 1. The molecule has 0 spiro atoms. The van der Waals surface area contributed by atoms with Gasteiger partial charge in [0.15, 0.2) is 5.96 Å². The second kappa shape index (κ2) is 9.43. The van der Waals surface area contributed by atoms with Crippen LogP contribution in [0.4, 0.5) is 0 Å². The molecule has 0 radical (unpaired) electrons. The number of hydrogen-bond donors (Lipinski definition) is 2. The molecule has 2 aromatic rings. The summed E-state index contributed by atoms with van der Waals surface area (Å²) in [7, 11) is 1.81. The van der Waals surface area contributed by atoms with Gasteiger partial charge in [0.1, 0.15) is 11.3 Å². The molecular weight excluding hydrogens is 427 g/mol. The van der Waals surface area contributed by atoms with Crippen molar-refractivity contribution in [2.75, 3.05) is 26.7 Å². The summed E-state index contributed by atoms with van der Waals surface area (Å²) >= 11 is 0. The van der Waals surface area contributed by atoms with E-state index in [4.69, 9.17) is 4.42 Å². The molecule has 1 saturated heterocycles. The number of rotatable bonds is 5. The third-order valence-corrected chi connectivity index (χ3v) is 4.99. The number of para-hydroxylation sites is 1. The summed E-state index contributed by atoms with van der Waals surface area (Å²) in [5, 5.41) is 8.01. The van der Waals surface area contributed by atoms with E-state index in [1.807, 2.05) is 25.2 Å². The van der Waals surface area contributed by atoms with E-state index in [2.05, 4.69) is 40.4 Å². The zero-order valence-corrected chi connectivity index (χ0v) is 17.7. The molecule has 0 aliphatic carbocycles. The zero-order valence-electron chi connectivity index (χ0n) is 15.3. The number of fused-ring (bicyclic) bond motifs is 1. The molecule has 25 heavy (non-hydrogen) atoms. The Morgan fingerprint density at radius 1 is 1.32 bits per heavy atom. The van der Waals surface area contributed by atoms with Gasteiger partial charge in [0.05, 0.1) is 6.54 Å². The van der Waals surface area contributed by atoms with E-state index < -0.39 is 0 Å². The monoisotopic (exact) mass is 456 g/mol. The molecule has 1 aromatic carbocycles. The Morgan fingerprint density at radius 3 is 2.84 bits per heavy atom. The summed E-state index contributed by atoms with van der Waals surface area (Å²) in [6, 6.07) is 8.78. The maximum absolute atomic E-state index is 5.95. The van der Waals surface area contributed by atoms with E-state index in [0.717, 1.165) is 30.4 Å². The number of likely N-dealkylation sites (N-methyl/N-ethyl adjacent to an activating group) is 1. The molecule has 0 bridgehead atoms. The first-order valence-electron chi connectivity index (χ1n) is 8.88. The van der Waals surface area contributed by atoms with Crippen molar-refractivity contribution in [3.8, 4) is 0 Å². The van der Waals surface area contributed by atoms with Crippen molar-refractivity contribution in [2.24, 2.45) is 4.99 Å². The minimum Gasteiger partial charge on any atom is -0.459 e. The minimum atomic E-state index is 0. The van der Waals surface area contributed by atoms with Crippen LogP contribution in [-0.2, 0) is 6.54 Å². The fourth-order valence-electron chi connectivity index (χ4n) is 3.54. The van der Waals surface area contributed by atoms with Crippen LogP contribution in [0.25, 0.3) is 11.0 Å². The van der Waals surface area contributed by atoms with Gasteiger partial charge < -0.3 is 15.1 Å². The van der Waals surface area contributed by atoms with Gasteiger partial charge in [-0.2, -0.15) is 0 Å². The highest BCUT2D eigenvalue weighted by Gasteiger charge is 2.22. The number of guanidine groups is 1. The van der Waals surface area contributed by atoms with E-state index in [-0.39, 0.29) is 24.0 Å². The first kappa shape index (κ1) is 20.0. The molecule has 1 atom stereocenters. The normalized spacial score (nSPS) is 18.4. The Morgan fingerprint density at radius 2 is 2.12 bits per heavy atom. The molecule has 1 unspecified atom stereocenters. The number of aryl methyl sites for hydroxylation is 1. The lowest BCUT2D eigenvalue weighted by molar-refractivity contribution is 0.267. The highest BCUT2D eigenvalue weighted by molar-refractivity contribution is 14.0. The van der Waals surface area contributed by atoms with Crippen LogP contribution >= 0.6 is 24.0 Å². The molecule has 0 amide bonds. The molecule has 3 rings (SSSR count). The summed E-state index contributed by atoms with van der Waals surface area (Å²) in [4.78, 5) is 6.86. The van der Waals surface area contributed by atoms with Gasteiger partial charge in [0, 0.05) is 30.6 Å². The van der Waals surface area contributed by atoms with Crippen LogP contribution in [0.5, 0.6) is 0 Å². The van der Waals surface area contributed by atoms with Crippen LogP contribution in [-0.4, -0.2) is 43.6 Å². The molecule has 138 valence electrons. The SMILES string of the molecule is CCN1CCCC1CNC(=NC)NCc1oc2ccccc2c1C.I. The van der Waals surface area contributed by atoms with E-state index in [1.54, 1.807) is 0 Å². The topological polar surface area (TPSA) is 52.8 Å². The second-order valence-corrected chi connectivity index (χ2v) is 6.38. The highest BCUT2D eigenvalue weighted by atomic mass is 127. The lowest BCUT2D eigenvalue weighted by atomic mass is 10.1. The smallest absolute Gasteiger partial charge is 0.191 e. The third-order valence-electron chi connectivity index (χ3n) is 4.99. The quantitative estimate of drug-likeness (QED) is 0.411. The van der Waals surface area contributed by atoms with Crippen molar-refractivity contribution in [3.05, 3.63) is 35.6 Å². The van der Waals surface area contributed by atoms with Crippen LogP contribution in [0, 0.1) is 6.92 Å². The second-order valence-electron chi connectivity index (χ2n) is 6.38. The average Bonchev–Trinajstić information content (AvgIpc) is 3.20. The standard InChI is InChI=1S/C19H28N4O.HI/c1-4-23-11-7-8-15(23)12-21-19(20-3)22-13-18-14(2)16-9-5-6-10-17(16)24-18;/h5-6,9-10,15H,4,7-8,11-13H2,1-3H3,(H2,20,21,22);1H. The maximum atomic E-state index is 5.95. The molecule has 1 aliphatic heterocycles. The number of benzene rings is 1. The lowest BCUT2D eigenvalue weighted by Gasteiger charge is -2.23. The zero-order chi connectivity index (χ0) is 16.9. The van der Waals surface area contributed by atoms with Crippen LogP contribution in [0.3, 0.4) is 0 Å².